The summed E-state index contributed by atoms with van der Waals surface area (Å²) in [5.74, 6) is -0.495. The first kappa shape index (κ1) is 20.4. The van der Waals surface area contributed by atoms with E-state index in [9.17, 15) is 9.59 Å². The fraction of sp³-hybridized carbons (Fsp3) is 0.364. The monoisotopic (exact) mass is 398 g/mol. The smallest absolute Gasteiger partial charge is 0.330 e. The number of carbonyl (C=O) groups is 2. The van der Waals surface area contributed by atoms with E-state index in [-0.39, 0.29) is 23.8 Å². The molecule has 2 aromatic rings. The van der Waals surface area contributed by atoms with Crippen molar-refractivity contribution < 1.29 is 14.3 Å². The van der Waals surface area contributed by atoms with Crippen LogP contribution in [0.25, 0.3) is 0 Å². The third kappa shape index (κ3) is 4.39. The van der Waals surface area contributed by atoms with Gasteiger partial charge >= 0.3 is 5.97 Å². The van der Waals surface area contributed by atoms with Gasteiger partial charge in [0.05, 0.1) is 13.7 Å². The summed E-state index contributed by atoms with van der Waals surface area (Å²) >= 11 is 1.62. The number of esters is 1. The molecule has 1 amide bonds. The molecule has 6 heteroatoms. The minimum atomic E-state index is -0.640. The molecule has 1 N–H and O–H groups in total. The Bertz CT molecular complexity index is 811. The maximum absolute atomic E-state index is 13.2. The van der Waals surface area contributed by atoms with Gasteiger partial charge in [0.1, 0.15) is 11.4 Å². The van der Waals surface area contributed by atoms with Crippen LogP contribution in [0.4, 0.5) is 0 Å². The van der Waals surface area contributed by atoms with Crippen LogP contribution in [-0.4, -0.2) is 41.2 Å². The molecule has 5 nitrogen and oxygen atoms in total. The van der Waals surface area contributed by atoms with Crippen molar-refractivity contribution in [2.24, 2.45) is 0 Å². The molecule has 0 spiro atoms. The van der Waals surface area contributed by atoms with Gasteiger partial charge in [0, 0.05) is 11.3 Å². The summed E-state index contributed by atoms with van der Waals surface area (Å²) in [4.78, 5) is 27.4. The highest BCUT2D eigenvalue weighted by Crippen LogP contribution is 2.52. The Balaban J connectivity index is 1.81. The summed E-state index contributed by atoms with van der Waals surface area (Å²) in [6.45, 7) is 4.72. The highest BCUT2D eigenvalue weighted by Gasteiger charge is 2.53. The number of amides is 1. The molecule has 0 saturated carbocycles. The van der Waals surface area contributed by atoms with Gasteiger partial charge in [-0.1, -0.05) is 60.7 Å². The number of ether oxygens (including phenoxy) is 1. The van der Waals surface area contributed by atoms with E-state index in [0.29, 0.717) is 6.54 Å². The Morgan fingerprint density at radius 2 is 1.68 bits per heavy atom. The van der Waals surface area contributed by atoms with Crippen LogP contribution in [0.2, 0.25) is 0 Å². The molecule has 2 atom stereocenters. The van der Waals surface area contributed by atoms with Crippen LogP contribution < -0.4 is 5.32 Å². The summed E-state index contributed by atoms with van der Waals surface area (Å²) in [5, 5.41) is 2.97. The van der Waals surface area contributed by atoms with E-state index in [2.05, 4.69) is 5.32 Å². The lowest BCUT2D eigenvalue weighted by Gasteiger charge is -2.31. The number of thioether (sulfide) groups is 1. The third-order valence-electron chi connectivity index (χ3n) is 4.85. The molecule has 1 aliphatic rings. The first-order valence-corrected chi connectivity index (χ1v) is 10.2. The fourth-order valence-electron chi connectivity index (χ4n) is 3.51. The van der Waals surface area contributed by atoms with Gasteiger partial charge in [-0.25, -0.2) is 4.79 Å². The van der Waals surface area contributed by atoms with Crippen molar-refractivity contribution in [2.45, 2.75) is 36.6 Å². The van der Waals surface area contributed by atoms with E-state index in [0.717, 1.165) is 11.1 Å². The highest BCUT2D eigenvalue weighted by molar-refractivity contribution is 8.01. The maximum atomic E-state index is 13.2. The van der Waals surface area contributed by atoms with E-state index in [4.69, 9.17) is 4.74 Å². The SMILES string of the molecule is COC(=O)[C@H]1N(C(=O)CNCc2ccccc2)[C@@H](c2ccccc2)SC1(C)C. The topological polar surface area (TPSA) is 58.6 Å². The lowest BCUT2D eigenvalue weighted by molar-refractivity contribution is -0.153. The first-order valence-electron chi connectivity index (χ1n) is 9.30. The summed E-state index contributed by atoms with van der Waals surface area (Å²) in [7, 11) is 1.37. The Morgan fingerprint density at radius 3 is 2.29 bits per heavy atom. The van der Waals surface area contributed by atoms with Crippen LogP contribution in [0.3, 0.4) is 0 Å². The van der Waals surface area contributed by atoms with E-state index in [1.807, 2.05) is 74.5 Å². The molecule has 2 aromatic carbocycles. The first-order chi connectivity index (χ1) is 13.4. The van der Waals surface area contributed by atoms with Gasteiger partial charge in [-0.15, -0.1) is 11.8 Å². The standard InChI is InChI=1S/C22H26N2O3S/c1-22(2)19(21(26)27-3)24(20(28-22)17-12-8-5-9-13-17)18(25)15-23-14-16-10-6-4-7-11-16/h4-13,19-20,23H,14-15H2,1-3H3/t19-,20-/m1/s1. The predicted octanol–water partition coefficient (Wildman–Crippen LogP) is 3.37. The van der Waals surface area contributed by atoms with E-state index >= 15 is 0 Å². The summed E-state index contributed by atoms with van der Waals surface area (Å²) in [5.41, 5.74) is 2.11. The second kappa shape index (κ2) is 8.80. The quantitative estimate of drug-likeness (QED) is 0.756. The van der Waals surface area contributed by atoms with Crippen LogP contribution in [0.15, 0.2) is 60.7 Å². The molecule has 1 saturated heterocycles. The minimum absolute atomic E-state index is 0.113. The largest absolute Gasteiger partial charge is 0.467 e. The Labute approximate surface area is 170 Å². The zero-order chi connectivity index (χ0) is 20.1. The molecule has 1 aliphatic heterocycles. The average Bonchev–Trinajstić information content (AvgIpc) is 3.00. The normalized spacial score (nSPS) is 20.8. The molecular formula is C22H26N2O3S. The second-order valence-electron chi connectivity index (χ2n) is 7.30. The van der Waals surface area contributed by atoms with E-state index in [1.54, 1.807) is 16.7 Å². The van der Waals surface area contributed by atoms with Crippen molar-refractivity contribution in [3.05, 3.63) is 71.8 Å². The molecule has 0 aromatic heterocycles. The van der Waals surface area contributed by atoms with Crippen molar-refractivity contribution >= 4 is 23.6 Å². The number of hydrogen-bond acceptors (Lipinski definition) is 5. The summed E-state index contributed by atoms with van der Waals surface area (Å²) in [6.07, 6.45) is 0. The molecule has 0 bridgehead atoms. The number of nitrogens with one attached hydrogen (secondary N) is 1. The zero-order valence-electron chi connectivity index (χ0n) is 16.4. The lowest BCUT2D eigenvalue weighted by Crippen LogP contribution is -2.51. The van der Waals surface area contributed by atoms with Gasteiger partial charge < -0.3 is 15.0 Å². The number of benzene rings is 2. The highest BCUT2D eigenvalue weighted by atomic mass is 32.2. The lowest BCUT2D eigenvalue weighted by atomic mass is 10.0. The molecule has 1 fully saturated rings. The van der Waals surface area contributed by atoms with Crippen LogP contribution in [-0.2, 0) is 20.9 Å². The summed E-state index contributed by atoms with van der Waals surface area (Å²) in [6, 6.07) is 19.1. The molecule has 1 heterocycles. The van der Waals surface area contributed by atoms with Crippen molar-refractivity contribution in [3.63, 3.8) is 0 Å². The maximum Gasteiger partial charge on any atom is 0.330 e. The van der Waals surface area contributed by atoms with E-state index < -0.39 is 10.8 Å². The van der Waals surface area contributed by atoms with Crippen LogP contribution in [0.5, 0.6) is 0 Å². The van der Waals surface area contributed by atoms with Crippen LogP contribution >= 0.6 is 11.8 Å². The third-order valence-corrected chi connectivity index (χ3v) is 6.40. The second-order valence-corrected chi connectivity index (χ2v) is 9.03. The fourth-order valence-corrected chi connectivity index (χ4v) is 5.07. The van der Waals surface area contributed by atoms with Crippen molar-refractivity contribution in [3.8, 4) is 0 Å². The van der Waals surface area contributed by atoms with Gasteiger partial charge in [-0.05, 0) is 25.0 Å². The minimum Gasteiger partial charge on any atom is -0.467 e. The Morgan fingerprint density at radius 1 is 1.07 bits per heavy atom. The predicted molar refractivity (Wildman–Crippen MR) is 112 cm³/mol. The van der Waals surface area contributed by atoms with Crippen molar-refractivity contribution in [1.82, 2.24) is 10.2 Å². The molecule has 0 aliphatic carbocycles. The molecular weight excluding hydrogens is 372 g/mol. The van der Waals surface area contributed by atoms with Gasteiger partial charge in [-0.2, -0.15) is 0 Å². The molecule has 148 valence electrons. The molecule has 28 heavy (non-hydrogen) atoms. The van der Waals surface area contributed by atoms with Gasteiger partial charge in [0.2, 0.25) is 5.91 Å². The number of hydrogen-bond donors (Lipinski definition) is 1. The molecule has 0 radical (unpaired) electrons. The van der Waals surface area contributed by atoms with Gasteiger partial charge in [0.15, 0.2) is 0 Å². The zero-order valence-corrected chi connectivity index (χ0v) is 17.2. The van der Waals surface area contributed by atoms with Gasteiger partial charge in [0.25, 0.3) is 0 Å². The van der Waals surface area contributed by atoms with E-state index in [1.165, 1.54) is 7.11 Å². The van der Waals surface area contributed by atoms with Crippen LogP contribution in [0.1, 0.15) is 30.3 Å². The Kier molecular flexibility index (Phi) is 6.42. The number of carbonyl (C=O) groups excluding carboxylic acids is 2. The molecule has 0 unspecified atom stereocenters. The number of methoxy groups -OCH3 is 1. The van der Waals surface area contributed by atoms with Crippen LogP contribution in [0, 0.1) is 0 Å². The number of rotatable bonds is 6. The summed E-state index contributed by atoms with van der Waals surface area (Å²) < 4.78 is 4.59. The van der Waals surface area contributed by atoms with Gasteiger partial charge in [-0.3, -0.25) is 4.79 Å². The average molecular weight is 399 g/mol. The van der Waals surface area contributed by atoms with Crippen molar-refractivity contribution in [1.29, 1.82) is 0 Å². The molecule has 3 rings (SSSR count). The van der Waals surface area contributed by atoms with Crippen molar-refractivity contribution in [2.75, 3.05) is 13.7 Å². The Hall–Kier alpha value is -2.31. The number of nitrogens with zero attached hydrogens (tertiary/aromatic N) is 1.